The van der Waals surface area contributed by atoms with Crippen LogP contribution in [0.15, 0.2) is 84.9 Å². The van der Waals surface area contributed by atoms with E-state index in [1.807, 2.05) is 36.4 Å². The Labute approximate surface area is 252 Å². The fourth-order valence-electron chi connectivity index (χ4n) is 6.51. The largest absolute Gasteiger partial charge is 0.493 e. The number of fused-ring (bicyclic) bond motifs is 1. The second-order valence-corrected chi connectivity index (χ2v) is 11.4. The number of aryl methyl sites for hydroxylation is 1. The minimum absolute atomic E-state index is 0.0980. The SMILES string of the molecule is COc1c(F)cccc1C1=C(c2ccc(OC3CCN(CCCF)C3)cc2)c2ccc(-c3cccc(N)c3)cc2CCC1. The summed E-state index contributed by atoms with van der Waals surface area (Å²) in [5.41, 5.74) is 15.4. The molecule has 1 unspecified atom stereocenters. The number of nitrogens with zero attached hydrogens (tertiary/aromatic N) is 1. The van der Waals surface area contributed by atoms with E-state index in [9.17, 15) is 8.78 Å². The van der Waals surface area contributed by atoms with E-state index in [1.165, 1.54) is 18.7 Å². The number of allylic oxidation sites excluding steroid dienone is 1. The summed E-state index contributed by atoms with van der Waals surface area (Å²) in [5.74, 6) is 0.722. The molecular formula is C37H38F2N2O2. The number of likely N-dealkylation sites (tertiary alicyclic amines) is 1. The molecule has 0 radical (unpaired) electrons. The number of halogens is 2. The molecule has 1 fully saturated rings. The topological polar surface area (TPSA) is 47.7 Å². The average molecular weight is 581 g/mol. The molecule has 1 atom stereocenters. The third-order valence-corrected chi connectivity index (χ3v) is 8.55. The van der Waals surface area contributed by atoms with Crippen molar-refractivity contribution in [2.75, 3.05) is 39.2 Å². The van der Waals surface area contributed by atoms with E-state index < -0.39 is 0 Å². The quantitative estimate of drug-likeness (QED) is 0.203. The van der Waals surface area contributed by atoms with Crippen LogP contribution in [0.4, 0.5) is 14.5 Å². The number of hydrogen-bond acceptors (Lipinski definition) is 4. The number of ether oxygens (including phenoxy) is 2. The first-order chi connectivity index (χ1) is 21.0. The molecule has 4 aromatic carbocycles. The van der Waals surface area contributed by atoms with Crippen molar-refractivity contribution in [3.63, 3.8) is 0 Å². The van der Waals surface area contributed by atoms with Gasteiger partial charge in [0.15, 0.2) is 11.6 Å². The summed E-state index contributed by atoms with van der Waals surface area (Å²) in [6.45, 7) is 2.24. The van der Waals surface area contributed by atoms with Crippen LogP contribution in [0.25, 0.3) is 22.3 Å². The smallest absolute Gasteiger partial charge is 0.165 e. The molecule has 4 aromatic rings. The summed E-state index contributed by atoms with van der Waals surface area (Å²) in [4.78, 5) is 2.27. The Hall–Kier alpha value is -4.16. The van der Waals surface area contributed by atoms with Gasteiger partial charge in [-0.3, -0.25) is 9.29 Å². The molecule has 222 valence electrons. The maximum absolute atomic E-state index is 15.0. The predicted octanol–water partition coefficient (Wildman–Crippen LogP) is 8.19. The number of alkyl halides is 1. The highest BCUT2D eigenvalue weighted by Crippen LogP contribution is 2.44. The lowest BCUT2D eigenvalue weighted by atomic mass is 9.86. The highest BCUT2D eigenvalue weighted by atomic mass is 19.1. The van der Waals surface area contributed by atoms with Gasteiger partial charge < -0.3 is 15.2 Å². The van der Waals surface area contributed by atoms with Crippen molar-refractivity contribution >= 4 is 16.8 Å². The van der Waals surface area contributed by atoms with Crippen LogP contribution in [0.3, 0.4) is 0 Å². The normalized spacial score (nSPS) is 17.0. The molecule has 43 heavy (non-hydrogen) atoms. The van der Waals surface area contributed by atoms with Crippen molar-refractivity contribution in [2.45, 2.75) is 38.2 Å². The van der Waals surface area contributed by atoms with Gasteiger partial charge in [-0.25, -0.2) is 4.39 Å². The Morgan fingerprint density at radius 2 is 1.67 bits per heavy atom. The van der Waals surface area contributed by atoms with Gasteiger partial charge in [0.25, 0.3) is 0 Å². The maximum Gasteiger partial charge on any atom is 0.165 e. The van der Waals surface area contributed by atoms with Crippen molar-refractivity contribution in [3.8, 4) is 22.6 Å². The maximum atomic E-state index is 15.0. The Bertz CT molecular complexity index is 1620. The van der Waals surface area contributed by atoms with Gasteiger partial charge in [0.2, 0.25) is 0 Å². The molecule has 1 aliphatic carbocycles. The second-order valence-electron chi connectivity index (χ2n) is 11.4. The molecule has 1 aliphatic heterocycles. The van der Waals surface area contributed by atoms with E-state index >= 15 is 0 Å². The molecule has 0 aromatic heterocycles. The Balaban J connectivity index is 1.40. The van der Waals surface area contributed by atoms with E-state index in [2.05, 4.69) is 41.3 Å². The lowest BCUT2D eigenvalue weighted by Gasteiger charge is -2.20. The van der Waals surface area contributed by atoms with Crippen LogP contribution in [-0.4, -0.2) is 44.4 Å². The van der Waals surface area contributed by atoms with Crippen LogP contribution in [0.5, 0.6) is 11.5 Å². The number of nitrogen functional groups attached to an aromatic ring is 1. The zero-order chi connectivity index (χ0) is 29.8. The Morgan fingerprint density at radius 1 is 0.884 bits per heavy atom. The van der Waals surface area contributed by atoms with Crippen LogP contribution in [0, 0.1) is 5.82 Å². The fraction of sp³-hybridized carbons (Fsp3) is 0.297. The molecule has 6 heteroatoms. The van der Waals surface area contributed by atoms with Crippen molar-refractivity contribution in [1.82, 2.24) is 4.90 Å². The van der Waals surface area contributed by atoms with Crippen molar-refractivity contribution in [2.24, 2.45) is 0 Å². The monoisotopic (exact) mass is 580 g/mol. The van der Waals surface area contributed by atoms with E-state index in [0.29, 0.717) is 6.42 Å². The van der Waals surface area contributed by atoms with Crippen LogP contribution >= 0.6 is 0 Å². The van der Waals surface area contributed by atoms with Crippen LogP contribution < -0.4 is 15.2 Å². The molecule has 2 aliphatic rings. The van der Waals surface area contributed by atoms with E-state index in [-0.39, 0.29) is 24.3 Å². The summed E-state index contributed by atoms with van der Waals surface area (Å²) in [6.07, 6.45) is 4.21. The van der Waals surface area contributed by atoms with E-state index in [0.717, 1.165) is 95.7 Å². The summed E-state index contributed by atoms with van der Waals surface area (Å²) >= 11 is 0. The molecule has 0 amide bonds. The molecule has 0 saturated carbocycles. The van der Waals surface area contributed by atoms with Gasteiger partial charge in [0, 0.05) is 30.9 Å². The zero-order valence-corrected chi connectivity index (χ0v) is 24.6. The van der Waals surface area contributed by atoms with Gasteiger partial charge in [-0.1, -0.05) is 54.6 Å². The highest BCUT2D eigenvalue weighted by molar-refractivity contribution is 6.01. The van der Waals surface area contributed by atoms with Crippen LogP contribution in [-0.2, 0) is 6.42 Å². The van der Waals surface area contributed by atoms with Gasteiger partial charge in [-0.05, 0) is 101 Å². The number of anilines is 1. The fourth-order valence-corrected chi connectivity index (χ4v) is 6.51. The van der Waals surface area contributed by atoms with Crippen LogP contribution in [0.1, 0.15) is 47.9 Å². The van der Waals surface area contributed by atoms with Gasteiger partial charge in [0.05, 0.1) is 13.8 Å². The van der Waals surface area contributed by atoms with Crippen molar-refractivity contribution in [1.29, 1.82) is 0 Å². The number of nitrogens with two attached hydrogens (primary N) is 1. The molecule has 4 nitrogen and oxygen atoms in total. The first-order valence-electron chi connectivity index (χ1n) is 15.1. The molecular weight excluding hydrogens is 542 g/mol. The van der Waals surface area contributed by atoms with Gasteiger partial charge >= 0.3 is 0 Å². The first kappa shape index (κ1) is 28.9. The van der Waals surface area contributed by atoms with Crippen molar-refractivity contribution in [3.05, 3.63) is 113 Å². The summed E-state index contributed by atoms with van der Waals surface area (Å²) < 4.78 is 39.5. The standard InChI is InChI=1S/C37H38F2N2O2/c1-42-37-34(10-4-11-35(37)39)33-9-3-7-28-22-27(26-6-2-8-29(40)23-26)14-17-32(28)36(33)25-12-15-30(16-13-25)43-31-18-21-41(24-31)20-5-19-38/h2,4,6,8,10-17,22-23,31H,3,5,7,9,18-21,24,40H2,1H3. The zero-order valence-electron chi connectivity index (χ0n) is 24.6. The van der Waals surface area contributed by atoms with Crippen molar-refractivity contribution < 1.29 is 18.3 Å². The van der Waals surface area contributed by atoms with E-state index in [4.69, 9.17) is 15.2 Å². The number of benzene rings is 4. The average Bonchev–Trinajstić information content (AvgIpc) is 3.38. The molecule has 0 spiro atoms. The summed E-state index contributed by atoms with van der Waals surface area (Å²) in [5, 5.41) is 0. The summed E-state index contributed by atoms with van der Waals surface area (Å²) in [7, 11) is 1.53. The number of methoxy groups -OCH3 is 1. The minimum atomic E-state index is -0.366. The summed E-state index contributed by atoms with van der Waals surface area (Å²) in [6, 6.07) is 28.0. The van der Waals surface area contributed by atoms with Gasteiger partial charge in [-0.15, -0.1) is 0 Å². The third kappa shape index (κ3) is 6.30. The molecule has 0 bridgehead atoms. The minimum Gasteiger partial charge on any atom is -0.493 e. The first-order valence-corrected chi connectivity index (χ1v) is 15.1. The molecule has 1 saturated heterocycles. The highest BCUT2D eigenvalue weighted by Gasteiger charge is 2.25. The van der Waals surface area contributed by atoms with Crippen LogP contribution in [0.2, 0.25) is 0 Å². The molecule has 1 heterocycles. The molecule has 2 N–H and O–H groups in total. The number of rotatable bonds is 9. The Kier molecular flexibility index (Phi) is 8.75. The Morgan fingerprint density at radius 3 is 2.47 bits per heavy atom. The lowest BCUT2D eigenvalue weighted by Crippen LogP contribution is -2.26. The lowest BCUT2D eigenvalue weighted by molar-refractivity contribution is 0.198. The third-order valence-electron chi connectivity index (χ3n) is 8.55. The molecule has 6 rings (SSSR count). The van der Waals surface area contributed by atoms with E-state index in [1.54, 1.807) is 6.07 Å². The number of para-hydroxylation sites is 1. The second kappa shape index (κ2) is 13.0. The predicted molar refractivity (Wildman–Crippen MR) is 171 cm³/mol. The van der Waals surface area contributed by atoms with Gasteiger partial charge in [0.1, 0.15) is 11.9 Å². The van der Waals surface area contributed by atoms with Gasteiger partial charge in [-0.2, -0.15) is 0 Å². The number of hydrogen-bond donors (Lipinski definition) is 1.